The van der Waals surface area contributed by atoms with E-state index in [1.165, 1.54) is 7.11 Å². The predicted molar refractivity (Wildman–Crippen MR) is 92.7 cm³/mol. The number of H-pyrrole nitrogens is 1. The summed E-state index contributed by atoms with van der Waals surface area (Å²) in [6.45, 7) is 0. The van der Waals surface area contributed by atoms with E-state index in [9.17, 15) is 19.5 Å². The SMILES string of the molecule is COC(=O)C[C@@H](c1cccc(Br)c1)c1c(O)c(C(=O)OC)c[nH]c1=O. The van der Waals surface area contributed by atoms with Crippen LogP contribution in [0.15, 0.2) is 39.7 Å². The minimum absolute atomic E-state index is 0.105. The van der Waals surface area contributed by atoms with Crippen LogP contribution in [0.1, 0.15) is 33.8 Å². The molecule has 8 heteroatoms. The molecular weight excluding hydrogens is 394 g/mol. The summed E-state index contributed by atoms with van der Waals surface area (Å²) in [6, 6.07) is 6.95. The molecular formula is C17H16BrNO6. The molecule has 0 saturated heterocycles. The molecule has 0 unspecified atom stereocenters. The Hall–Kier alpha value is -2.61. The maximum atomic E-state index is 12.3. The molecule has 1 aromatic heterocycles. The number of pyridine rings is 1. The van der Waals surface area contributed by atoms with Crippen molar-refractivity contribution in [1.82, 2.24) is 4.98 Å². The van der Waals surface area contributed by atoms with Crippen molar-refractivity contribution in [3.05, 3.63) is 62.0 Å². The van der Waals surface area contributed by atoms with Crippen molar-refractivity contribution in [2.75, 3.05) is 14.2 Å². The molecule has 7 nitrogen and oxygen atoms in total. The molecule has 1 heterocycles. The molecule has 0 saturated carbocycles. The van der Waals surface area contributed by atoms with E-state index in [4.69, 9.17) is 4.74 Å². The molecule has 0 spiro atoms. The minimum atomic E-state index is -0.807. The number of hydrogen-bond acceptors (Lipinski definition) is 6. The van der Waals surface area contributed by atoms with Crippen LogP contribution in [0, 0.1) is 0 Å². The first-order valence-electron chi connectivity index (χ1n) is 7.24. The summed E-state index contributed by atoms with van der Waals surface area (Å²) in [5.74, 6) is -2.70. The highest BCUT2D eigenvalue weighted by molar-refractivity contribution is 9.10. The summed E-state index contributed by atoms with van der Waals surface area (Å²) < 4.78 is 10.0. The number of methoxy groups -OCH3 is 2. The van der Waals surface area contributed by atoms with Gasteiger partial charge in [0.05, 0.1) is 26.2 Å². The maximum absolute atomic E-state index is 12.3. The second kappa shape index (κ2) is 7.98. The Morgan fingerprint density at radius 2 is 2.00 bits per heavy atom. The Labute approximate surface area is 151 Å². The van der Waals surface area contributed by atoms with E-state index in [0.29, 0.717) is 5.56 Å². The number of aromatic amines is 1. The van der Waals surface area contributed by atoms with E-state index < -0.39 is 29.2 Å². The Balaban J connectivity index is 2.67. The van der Waals surface area contributed by atoms with Crippen molar-refractivity contribution in [1.29, 1.82) is 0 Å². The van der Waals surface area contributed by atoms with Crippen LogP contribution >= 0.6 is 15.9 Å². The van der Waals surface area contributed by atoms with Crippen molar-refractivity contribution in [2.45, 2.75) is 12.3 Å². The highest BCUT2D eigenvalue weighted by Crippen LogP contribution is 2.34. The quantitative estimate of drug-likeness (QED) is 0.733. The van der Waals surface area contributed by atoms with Gasteiger partial charge in [-0.2, -0.15) is 0 Å². The molecule has 0 aliphatic heterocycles. The van der Waals surface area contributed by atoms with Crippen LogP contribution in [0.2, 0.25) is 0 Å². The number of aromatic nitrogens is 1. The first kappa shape index (κ1) is 18.7. The molecule has 132 valence electrons. The maximum Gasteiger partial charge on any atom is 0.343 e. The molecule has 0 amide bonds. The van der Waals surface area contributed by atoms with Gasteiger partial charge in [0.1, 0.15) is 11.3 Å². The summed E-state index contributed by atoms with van der Waals surface area (Å²) >= 11 is 3.33. The third-order valence-corrected chi connectivity index (χ3v) is 4.20. The average Bonchev–Trinajstić information content (AvgIpc) is 2.60. The normalized spacial score (nSPS) is 11.6. The standard InChI is InChI=1S/C17H16BrNO6/c1-24-13(20)7-11(9-4-3-5-10(18)6-9)14-15(21)12(17(23)25-2)8-19-16(14)22/h3-6,8,11H,7H2,1-2H3,(H2,19,21,22)/t11-/m0/s1. The van der Waals surface area contributed by atoms with E-state index in [1.807, 2.05) is 0 Å². The van der Waals surface area contributed by atoms with Crippen molar-refractivity contribution >= 4 is 27.9 Å². The van der Waals surface area contributed by atoms with Crippen LogP contribution in [0.3, 0.4) is 0 Å². The van der Waals surface area contributed by atoms with Crippen LogP contribution in [0.5, 0.6) is 5.75 Å². The molecule has 0 bridgehead atoms. The van der Waals surface area contributed by atoms with Gasteiger partial charge in [-0.25, -0.2) is 4.79 Å². The molecule has 0 fully saturated rings. The number of aromatic hydroxyl groups is 1. The van der Waals surface area contributed by atoms with Crippen LogP contribution in [-0.2, 0) is 14.3 Å². The molecule has 1 atom stereocenters. The number of hydrogen-bond donors (Lipinski definition) is 2. The number of halogens is 1. The van der Waals surface area contributed by atoms with Gasteiger partial charge in [0.2, 0.25) is 0 Å². The van der Waals surface area contributed by atoms with Gasteiger partial charge in [-0.05, 0) is 17.7 Å². The fourth-order valence-electron chi connectivity index (χ4n) is 2.49. The molecule has 0 aliphatic carbocycles. The molecule has 25 heavy (non-hydrogen) atoms. The van der Waals surface area contributed by atoms with E-state index in [-0.39, 0.29) is 17.5 Å². The van der Waals surface area contributed by atoms with Crippen molar-refractivity contribution in [2.24, 2.45) is 0 Å². The number of ether oxygens (including phenoxy) is 2. The third kappa shape index (κ3) is 4.08. The largest absolute Gasteiger partial charge is 0.506 e. The Kier molecular flexibility index (Phi) is 5.97. The Bertz CT molecular complexity index is 860. The average molecular weight is 410 g/mol. The van der Waals surface area contributed by atoms with Gasteiger partial charge >= 0.3 is 11.9 Å². The lowest BCUT2D eigenvalue weighted by molar-refractivity contribution is -0.140. The molecule has 0 radical (unpaired) electrons. The van der Waals surface area contributed by atoms with Gasteiger partial charge < -0.3 is 19.6 Å². The first-order valence-corrected chi connectivity index (χ1v) is 8.03. The summed E-state index contributed by atoms with van der Waals surface area (Å²) in [5, 5.41) is 10.5. The van der Waals surface area contributed by atoms with Crippen LogP contribution in [0.25, 0.3) is 0 Å². The number of nitrogens with one attached hydrogen (secondary N) is 1. The lowest BCUT2D eigenvalue weighted by atomic mass is 9.88. The van der Waals surface area contributed by atoms with Crippen LogP contribution in [0.4, 0.5) is 0 Å². The van der Waals surface area contributed by atoms with Gasteiger partial charge in [0.15, 0.2) is 0 Å². The second-order valence-electron chi connectivity index (χ2n) is 5.17. The summed E-state index contributed by atoms with van der Waals surface area (Å²) in [4.78, 5) is 38.4. The lowest BCUT2D eigenvalue weighted by Crippen LogP contribution is -2.22. The molecule has 1 aromatic carbocycles. The highest BCUT2D eigenvalue weighted by Gasteiger charge is 2.28. The summed E-state index contributed by atoms with van der Waals surface area (Å²) in [7, 11) is 2.39. The number of carbonyl (C=O) groups is 2. The molecule has 0 aliphatic rings. The van der Waals surface area contributed by atoms with Crippen molar-refractivity contribution in [3.63, 3.8) is 0 Å². The third-order valence-electron chi connectivity index (χ3n) is 3.71. The number of benzene rings is 1. The first-order chi connectivity index (χ1) is 11.9. The van der Waals surface area contributed by atoms with Gasteiger partial charge in [-0.15, -0.1) is 0 Å². The summed E-state index contributed by atoms with van der Waals surface area (Å²) in [6.07, 6.45) is 0.886. The van der Waals surface area contributed by atoms with E-state index >= 15 is 0 Å². The van der Waals surface area contributed by atoms with E-state index in [1.54, 1.807) is 24.3 Å². The number of esters is 2. The Morgan fingerprint density at radius 3 is 2.60 bits per heavy atom. The van der Waals surface area contributed by atoms with Gasteiger partial charge in [0.25, 0.3) is 5.56 Å². The topological polar surface area (TPSA) is 106 Å². The lowest BCUT2D eigenvalue weighted by Gasteiger charge is -2.18. The minimum Gasteiger partial charge on any atom is -0.506 e. The van der Waals surface area contributed by atoms with Crippen molar-refractivity contribution in [3.8, 4) is 5.75 Å². The molecule has 2 aromatic rings. The fraction of sp³-hybridized carbons (Fsp3) is 0.235. The van der Waals surface area contributed by atoms with Gasteiger partial charge in [-0.3, -0.25) is 9.59 Å². The second-order valence-corrected chi connectivity index (χ2v) is 6.09. The zero-order valence-corrected chi connectivity index (χ0v) is 15.1. The Morgan fingerprint density at radius 1 is 1.28 bits per heavy atom. The van der Waals surface area contributed by atoms with Crippen LogP contribution < -0.4 is 5.56 Å². The van der Waals surface area contributed by atoms with E-state index in [0.717, 1.165) is 17.8 Å². The van der Waals surface area contributed by atoms with Gasteiger partial charge in [0, 0.05) is 16.6 Å². The number of carbonyl (C=O) groups excluding carboxylic acids is 2. The smallest absolute Gasteiger partial charge is 0.343 e. The summed E-state index contributed by atoms with van der Waals surface area (Å²) in [5.41, 5.74) is -0.310. The zero-order valence-electron chi connectivity index (χ0n) is 13.5. The number of rotatable bonds is 5. The molecule has 2 rings (SSSR count). The fourth-order valence-corrected chi connectivity index (χ4v) is 2.90. The van der Waals surface area contributed by atoms with Crippen molar-refractivity contribution < 1.29 is 24.2 Å². The van der Waals surface area contributed by atoms with Crippen LogP contribution in [-0.4, -0.2) is 36.2 Å². The zero-order chi connectivity index (χ0) is 18.6. The monoisotopic (exact) mass is 409 g/mol. The predicted octanol–water partition coefficient (Wildman–Crippen LogP) is 2.32. The van der Waals surface area contributed by atoms with E-state index in [2.05, 4.69) is 25.7 Å². The van der Waals surface area contributed by atoms with Gasteiger partial charge in [-0.1, -0.05) is 28.1 Å². The highest BCUT2D eigenvalue weighted by atomic mass is 79.9. The molecule has 2 N–H and O–H groups in total.